The number of hydrogen-bond acceptors (Lipinski definition) is 5. The molecule has 3 rings (SSSR count). The predicted octanol–water partition coefficient (Wildman–Crippen LogP) is 2.15. The maximum atomic E-state index is 12.4. The summed E-state index contributed by atoms with van der Waals surface area (Å²) in [5.41, 5.74) is 6.84. The van der Waals surface area contributed by atoms with E-state index in [0.717, 1.165) is 37.7 Å². The first-order chi connectivity index (χ1) is 11.6. The van der Waals surface area contributed by atoms with E-state index >= 15 is 0 Å². The molecule has 0 radical (unpaired) electrons. The molecule has 1 aromatic heterocycles. The largest absolute Gasteiger partial charge is 0.388 e. The molecule has 6 heteroatoms. The van der Waals surface area contributed by atoms with Gasteiger partial charge in [0.15, 0.2) is 0 Å². The highest BCUT2D eigenvalue weighted by atomic mass is 16.3. The van der Waals surface area contributed by atoms with Gasteiger partial charge in [-0.1, -0.05) is 31.4 Å². The molecule has 126 valence electrons. The summed E-state index contributed by atoms with van der Waals surface area (Å²) >= 11 is 0. The highest BCUT2D eigenvalue weighted by Gasteiger charge is 2.29. The van der Waals surface area contributed by atoms with Gasteiger partial charge in [-0.3, -0.25) is 4.79 Å². The molecule has 1 amide bonds. The summed E-state index contributed by atoms with van der Waals surface area (Å²) in [6.45, 7) is 0.288. The second-order valence-corrected chi connectivity index (χ2v) is 6.35. The molecule has 4 N–H and O–H groups in total. The Bertz CT molecular complexity index is 726. The molecule has 1 aromatic carbocycles. The molecule has 24 heavy (non-hydrogen) atoms. The smallest absolute Gasteiger partial charge is 0.251 e. The second-order valence-electron chi connectivity index (χ2n) is 6.35. The summed E-state index contributed by atoms with van der Waals surface area (Å²) in [4.78, 5) is 20.4. The van der Waals surface area contributed by atoms with Crippen LogP contribution in [0.15, 0.2) is 36.5 Å². The number of anilines is 1. The Kier molecular flexibility index (Phi) is 4.76. The number of rotatable bonds is 4. The Hall–Kier alpha value is -2.47. The van der Waals surface area contributed by atoms with Gasteiger partial charge in [0.25, 0.3) is 5.91 Å². The van der Waals surface area contributed by atoms with Gasteiger partial charge in [-0.15, -0.1) is 0 Å². The van der Waals surface area contributed by atoms with E-state index in [4.69, 9.17) is 5.73 Å². The van der Waals surface area contributed by atoms with Gasteiger partial charge in [-0.05, 0) is 31.0 Å². The van der Waals surface area contributed by atoms with E-state index in [1.54, 1.807) is 30.5 Å². The molecular weight excluding hydrogens is 304 g/mol. The lowest BCUT2D eigenvalue weighted by molar-refractivity contribution is 0.00526. The number of aliphatic hydroxyl groups is 1. The number of amides is 1. The number of nitrogens with zero attached hydrogens (tertiary/aromatic N) is 2. The van der Waals surface area contributed by atoms with E-state index < -0.39 is 5.60 Å². The summed E-state index contributed by atoms with van der Waals surface area (Å²) in [5, 5.41) is 13.3. The SMILES string of the molecule is Nc1nccc(-c2cccc(C(=O)NCC3(O)CCCCC3)c2)n1. The van der Waals surface area contributed by atoms with Crippen LogP contribution in [0.1, 0.15) is 42.5 Å². The van der Waals surface area contributed by atoms with Crippen LogP contribution in [0.3, 0.4) is 0 Å². The highest BCUT2D eigenvalue weighted by Crippen LogP contribution is 2.27. The lowest BCUT2D eigenvalue weighted by Gasteiger charge is -2.32. The quantitative estimate of drug-likeness (QED) is 0.799. The Labute approximate surface area is 141 Å². The molecule has 1 saturated carbocycles. The maximum absolute atomic E-state index is 12.4. The minimum Gasteiger partial charge on any atom is -0.388 e. The van der Waals surface area contributed by atoms with Gasteiger partial charge in [-0.2, -0.15) is 0 Å². The van der Waals surface area contributed by atoms with Crippen molar-refractivity contribution in [3.63, 3.8) is 0 Å². The first-order valence-electron chi connectivity index (χ1n) is 8.25. The minimum absolute atomic E-state index is 0.196. The van der Waals surface area contributed by atoms with Crippen molar-refractivity contribution < 1.29 is 9.90 Å². The topological polar surface area (TPSA) is 101 Å². The number of carbonyl (C=O) groups is 1. The maximum Gasteiger partial charge on any atom is 0.251 e. The molecule has 2 aromatic rings. The van der Waals surface area contributed by atoms with Gasteiger partial charge in [0.2, 0.25) is 5.95 Å². The molecule has 0 bridgehead atoms. The lowest BCUT2D eigenvalue weighted by Crippen LogP contribution is -2.44. The fourth-order valence-corrected chi connectivity index (χ4v) is 3.09. The van der Waals surface area contributed by atoms with Crippen molar-refractivity contribution in [3.8, 4) is 11.3 Å². The Morgan fingerprint density at radius 2 is 2.04 bits per heavy atom. The zero-order valence-corrected chi connectivity index (χ0v) is 13.5. The Morgan fingerprint density at radius 1 is 1.25 bits per heavy atom. The van der Waals surface area contributed by atoms with Crippen LogP contribution in [-0.2, 0) is 0 Å². The molecule has 0 aliphatic heterocycles. The van der Waals surface area contributed by atoms with Crippen LogP contribution in [0.4, 0.5) is 5.95 Å². The highest BCUT2D eigenvalue weighted by molar-refractivity contribution is 5.95. The monoisotopic (exact) mass is 326 g/mol. The zero-order valence-electron chi connectivity index (χ0n) is 13.5. The van der Waals surface area contributed by atoms with Gasteiger partial charge >= 0.3 is 0 Å². The number of benzene rings is 1. The third-order valence-corrected chi connectivity index (χ3v) is 4.46. The first-order valence-corrected chi connectivity index (χ1v) is 8.25. The van der Waals surface area contributed by atoms with E-state index in [0.29, 0.717) is 11.3 Å². The van der Waals surface area contributed by atoms with E-state index in [1.165, 1.54) is 0 Å². The number of nitrogen functional groups attached to an aromatic ring is 1. The fraction of sp³-hybridized carbons (Fsp3) is 0.389. The van der Waals surface area contributed by atoms with Crippen molar-refractivity contribution in [3.05, 3.63) is 42.1 Å². The summed E-state index contributed by atoms with van der Waals surface area (Å²) in [7, 11) is 0. The molecule has 0 spiro atoms. The lowest BCUT2D eigenvalue weighted by atomic mass is 9.85. The third-order valence-electron chi connectivity index (χ3n) is 4.46. The average Bonchev–Trinajstić information content (AvgIpc) is 2.60. The molecule has 1 heterocycles. The normalized spacial score (nSPS) is 16.5. The van der Waals surface area contributed by atoms with Crippen LogP contribution in [0.25, 0.3) is 11.3 Å². The van der Waals surface area contributed by atoms with Crippen molar-refractivity contribution in [2.75, 3.05) is 12.3 Å². The van der Waals surface area contributed by atoms with Crippen molar-refractivity contribution >= 4 is 11.9 Å². The van der Waals surface area contributed by atoms with Crippen LogP contribution in [0.2, 0.25) is 0 Å². The van der Waals surface area contributed by atoms with Crippen LogP contribution in [0, 0.1) is 0 Å². The van der Waals surface area contributed by atoms with Gasteiger partial charge < -0.3 is 16.2 Å². The van der Waals surface area contributed by atoms with Crippen molar-refractivity contribution in [2.24, 2.45) is 0 Å². The van der Waals surface area contributed by atoms with Crippen LogP contribution >= 0.6 is 0 Å². The fourth-order valence-electron chi connectivity index (χ4n) is 3.09. The molecule has 1 aliphatic carbocycles. The van der Waals surface area contributed by atoms with Crippen molar-refractivity contribution in [2.45, 2.75) is 37.7 Å². The summed E-state index contributed by atoms with van der Waals surface area (Å²) in [6.07, 6.45) is 6.25. The molecule has 0 unspecified atom stereocenters. The summed E-state index contributed by atoms with van der Waals surface area (Å²) < 4.78 is 0. The standard InChI is InChI=1S/C18H22N4O2/c19-17-20-10-7-15(22-17)13-5-4-6-14(11-13)16(23)21-12-18(24)8-2-1-3-9-18/h4-7,10-11,24H,1-3,8-9,12H2,(H,21,23)(H2,19,20,22). The Balaban J connectivity index is 1.70. The number of hydrogen-bond donors (Lipinski definition) is 3. The molecule has 1 aliphatic rings. The van der Waals surface area contributed by atoms with Gasteiger partial charge in [-0.25, -0.2) is 9.97 Å². The first kappa shape index (κ1) is 16.4. The molecular formula is C18H22N4O2. The van der Waals surface area contributed by atoms with Crippen molar-refractivity contribution in [1.82, 2.24) is 15.3 Å². The van der Waals surface area contributed by atoms with E-state index in [-0.39, 0.29) is 18.4 Å². The molecule has 0 atom stereocenters. The zero-order chi connectivity index (χ0) is 17.0. The Morgan fingerprint density at radius 3 is 2.79 bits per heavy atom. The number of carbonyl (C=O) groups excluding carboxylic acids is 1. The van der Waals surface area contributed by atoms with E-state index in [9.17, 15) is 9.90 Å². The number of nitrogens with two attached hydrogens (primary N) is 1. The number of nitrogens with one attached hydrogen (secondary N) is 1. The molecule has 6 nitrogen and oxygen atoms in total. The third kappa shape index (κ3) is 3.89. The molecule has 0 saturated heterocycles. The number of aromatic nitrogens is 2. The second kappa shape index (κ2) is 6.97. The van der Waals surface area contributed by atoms with E-state index in [2.05, 4.69) is 15.3 Å². The van der Waals surface area contributed by atoms with E-state index in [1.807, 2.05) is 6.07 Å². The predicted molar refractivity (Wildman–Crippen MR) is 92.2 cm³/mol. The van der Waals surface area contributed by atoms with Crippen LogP contribution in [-0.4, -0.2) is 33.1 Å². The average molecular weight is 326 g/mol. The summed E-state index contributed by atoms with van der Waals surface area (Å²) in [6, 6.07) is 8.93. The van der Waals surface area contributed by atoms with Gasteiger partial charge in [0.1, 0.15) is 0 Å². The van der Waals surface area contributed by atoms with Gasteiger partial charge in [0, 0.05) is 23.9 Å². The van der Waals surface area contributed by atoms with Crippen LogP contribution in [0.5, 0.6) is 0 Å². The van der Waals surface area contributed by atoms with Gasteiger partial charge in [0.05, 0.1) is 11.3 Å². The van der Waals surface area contributed by atoms with Crippen molar-refractivity contribution in [1.29, 1.82) is 0 Å². The summed E-state index contributed by atoms with van der Waals surface area (Å²) in [5.74, 6) is -0.000230. The molecule has 1 fully saturated rings. The minimum atomic E-state index is -0.771. The van der Waals surface area contributed by atoms with Crippen LogP contribution < -0.4 is 11.1 Å².